The van der Waals surface area contributed by atoms with Gasteiger partial charge in [0.2, 0.25) is 5.89 Å². The molecule has 3 heterocycles. The van der Waals surface area contributed by atoms with Crippen molar-refractivity contribution in [3.8, 4) is 22.7 Å². The molecule has 28 heavy (non-hydrogen) atoms. The number of halogens is 1. The van der Waals surface area contributed by atoms with Gasteiger partial charge in [0.05, 0.1) is 5.69 Å². The molecule has 0 atom stereocenters. The van der Waals surface area contributed by atoms with E-state index in [1.165, 1.54) is 30.2 Å². The van der Waals surface area contributed by atoms with Gasteiger partial charge in [-0.2, -0.15) is 14.6 Å². The van der Waals surface area contributed by atoms with Gasteiger partial charge in [-0.15, -0.1) is 10.2 Å². The Balaban J connectivity index is 1.51. The van der Waals surface area contributed by atoms with Crippen LogP contribution in [-0.4, -0.2) is 29.8 Å². The van der Waals surface area contributed by atoms with Crippen molar-refractivity contribution in [3.63, 3.8) is 0 Å². The van der Waals surface area contributed by atoms with Gasteiger partial charge in [0.1, 0.15) is 17.2 Å². The second kappa shape index (κ2) is 6.86. The quantitative estimate of drug-likeness (QED) is 0.427. The predicted octanol–water partition coefficient (Wildman–Crippen LogP) is 4.13. The molecule has 5 aromatic rings. The molecule has 0 fully saturated rings. The Labute approximate surface area is 162 Å². The van der Waals surface area contributed by atoms with Crippen molar-refractivity contribution in [2.75, 3.05) is 0 Å². The van der Waals surface area contributed by atoms with Crippen LogP contribution in [-0.2, 0) is 0 Å². The smallest absolute Gasteiger partial charge is 0.283 e. The van der Waals surface area contributed by atoms with E-state index in [1.54, 1.807) is 16.6 Å². The van der Waals surface area contributed by atoms with Gasteiger partial charge in [-0.3, -0.25) is 0 Å². The zero-order valence-corrected chi connectivity index (χ0v) is 15.0. The maximum Gasteiger partial charge on any atom is 0.283 e. The van der Waals surface area contributed by atoms with Gasteiger partial charge in [-0.05, 0) is 42.1 Å². The average Bonchev–Trinajstić information content (AvgIpc) is 3.39. The molecule has 5 rings (SSSR count). The summed E-state index contributed by atoms with van der Waals surface area (Å²) in [6.45, 7) is 0. The molecule has 2 aromatic carbocycles. The number of benzene rings is 2. The van der Waals surface area contributed by atoms with Crippen LogP contribution in [0, 0.1) is 5.82 Å². The van der Waals surface area contributed by atoms with Crippen LogP contribution in [0.4, 0.5) is 4.39 Å². The fourth-order valence-corrected chi connectivity index (χ4v) is 3.43. The Morgan fingerprint density at radius 1 is 0.929 bits per heavy atom. The Kier molecular flexibility index (Phi) is 4.06. The zero-order valence-electron chi connectivity index (χ0n) is 14.2. The number of aromatic nitrogens is 6. The fourth-order valence-electron chi connectivity index (χ4n) is 2.66. The van der Waals surface area contributed by atoms with E-state index >= 15 is 0 Å². The molecule has 136 valence electrons. The van der Waals surface area contributed by atoms with Gasteiger partial charge in [0.15, 0.2) is 0 Å². The molecule has 0 radical (unpaired) electrons. The van der Waals surface area contributed by atoms with Gasteiger partial charge in [0.25, 0.3) is 11.0 Å². The molecule has 0 unspecified atom stereocenters. The zero-order chi connectivity index (χ0) is 18.9. The minimum atomic E-state index is -0.323. The van der Waals surface area contributed by atoms with E-state index in [1.807, 2.05) is 36.4 Å². The first-order valence-corrected chi connectivity index (χ1v) is 9.11. The van der Waals surface area contributed by atoms with Crippen molar-refractivity contribution in [1.82, 2.24) is 29.8 Å². The number of hydrogen-bond acceptors (Lipinski definition) is 7. The molecule has 0 aliphatic carbocycles. The molecule has 0 amide bonds. The minimum absolute atomic E-state index is 0.315. The molecular weight excluding hydrogens is 379 g/mol. The van der Waals surface area contributed by atoms with Crippen molar-refractivity contribution >= 4 is 17.5 Å². The van der Waals surface area contributed by atoms with E-state index in [0.29, 0.717) is 22.5 Å². The van der Waals surface area contributed by atoms with E-state index in [0.717, 1.165) is 16.3 Å². The van der Waals surface area contributed by atoms with E-state index < -0.39 is 0 Å². The lowest BCUT2D eigenvalue weighted by Crippen LogP contribution is -1.97. The maximum absolute atomic E-state index is 13.1. The summed E-state index contributed by atoms with van der Waals surface area (Å²) >= 11 is 1.26. The summed E-state index contributed by atoms with van der Waals surface area (Å²) in [5, 5.41) is 13.4. The molecular formula is C19H11FN6OS. The first-order chi connectivity index (χ1) is 13.8. The van der Waals surface area contributed by atoms with Crippen LogP contribution < -0.4 is 0 Å². The number of hydrogen-bond donors (Lipinski definition) is 0. The molecule has 0 aliphatic heterocycles. The summed E-state index contributed by atoms with van der Waals surface area (Å²) in [5.74, 6) is 0.466. The summed E-state index contributed by atoms with van der Waals surface area (Å²) in [5.41, 5.74) is 2.38. The van der Waals surface area contributed by atoms with Gasteiger partial charge < -0.3 is 4.42 Å². The van der Waals surface area contributed by atoms with Gasteiger partial charge in [-0.1, -0.05) is 30.3 Å². The van der Waals surface area contributed by atoms with E-state index in [9.17, 15) is 4.39 Å². The lowest BCUT2D eigenvalue weighted by atomic mass is 10.1. The number of fused-ring (bicyclic) bond motifs is 1. The van der Waals surface area contributed by atoms with Gasteiger partial charge >= 0.3 is 0 Å². The number of nitrogens with zero attached hydrogens (tertiary/aromatic N) is 6. The van der Waals surface area contributed by atoms with E-state index in [-0.39, 0.29) is 5.82 Å². The van der Waals surface area contributed by atoms with Crippen LogP contribution in [0.25, 0.3) is 28.5 Å². The summed E-state index contributed by atoms with van der Waals surface area (Å²) in [4.78, 5) is 8.74. The predicted molar refractivity (Wildman–Crippen MR) is 100 cm³/mol. The summed E-state index contributed by atoms with van der Waals surface area (Å²) < 4.78 is 20.4. The highest BCUT2D eigenvalue weighted by molar-refractivity contribution is 7.99. The highest BCUT2D eigenvalue weighted by atomic mass is 32.2. The van der Waals surface area contributed by atoms with Crippen LogP contribution >= 0.6 is 11.8 Å². The summed E-state index contributed by atoms with van der Waals surface area (Å²) in [6, 6.07) is 17.6. The highest BCUT2D eigenvalue weighted by Crippen LogP contribution is 2.31. The molecule has 0 saturated heterocycles. The topological polar surface area (TPSA) is 82.0 Å². The maximum atomic E-state index is 13.1. The standard InChI is InChI=1S/C19H11FN6OS/c20-14-8-6-13(7-9-14)17-24-25-19(27-17)28-16-10-15(12-4-2-1-3-5-12)23-18-21-11-22-26(16)18/h1-11H. The second-order valence-electron chi connectivity index (χ2n) is 5.80. The van der Waals surface area contributed by atoms with Crippen LogP contribution in [0.2, 0.25) is 0 Å². The molecule has 0 spiro atoms. The molecule has 0 aliphatic rings. The Morgan fingerprint density at radius 2 is 1.75 bits per heavy atom. The van der Waals surface area contributed by atoms with Crippen LogP contribution in [0.15, 0.2) is 81.7 Å². The van der Waals surface area contributed by atoms with Gasteiger partial charge in [-0.25, -0.2) is 9.37 Å². The third kappa shape index (κ3) is 3.12. The van der Waals surface area contributed by atoms with Crippen molar-refractivity contribution in [3.05, 3.63) is 72.8 Å². The number of rotatable bonds is 4. The van der Waals surface area contributed by atoms with Crippen molar-refractivity contribution < 1.29 is 8.81 Å². The SMILES string of the molecule is Fc1ccc(-c2nnc(Sc3cc(-c4ccccc4)nc4ncnn34)o2)cc1. The lowest BCUT2D eigenvalue weighted by molar-refractivity contribution is 0.465. The first-order valence-electron chi connectivity index (χ1n) is 8.30. The molecule has 3 aromatic heterocycles. The normalized spacial score (nSPS) is 11.2. The summed E-state index contributed by atoms with van der Waals surface area (Å²) in [6.07, 6.45) is 1.44. The Morgan fingerprint density at radius 3 is 2.57 bits per heavy atom. The Bertz CT molecular complexity index is 1250. The lowest BCUT2D eigenvalue weighted by Gasteiger charge is -2.05. The van der Waals surface area contributed by atoms with Crippen LogP contribution in [0.3, 0.4) is 0 Å². The van der Waals surface area contributed by atoms with E-state index in [4.69, 9.17) is 4.42 Å². The monoisotopic (exact) mass is 390 g/mol. The third-order valence-corrected chi connectivity index (χ3v) is 4.82. The van der Waals surface area contributed by atoms with E-state index in [2.05, 4.69) is 25.3 Å². The van der Waals surface area contributed by atoms with Crippen molar-refractivity contribution in [1.29, 1.82) is 0 Å². The average molecular weight is 390 g/mol. The molecule has 9 heteroatoms. The molecule has 7 nitrogen and oxygen atoms in total. The highest BCUT2D eigenvalue weighted by Gasteiger charge is 2.15. The minimum Gasteiger partial charge on any atom is -0.411 e. The largest absolute Gasteiger partial charge is 0.411 e. The first kappa shape index (κ1) is 16.6. The molecule has 0 saturated carbocycles. The van der Waals surface area contributed by atoms with Crippen molar-refractivity contribution in [2.45, 2.75) is 10.2 Å². The second-order valence-corrected chi connectivity index (χ2v) is 6.77. The van der Waals surface area contributed by atoms with Gasteiger partial charge in [0, 0.05) is 11.1 Å². The van der Waals surface area contributed by atoms with Crippen LogP contribution in [0.1, 0.15) is 0 Å². The molecule has 0 bridgehead atoms. The Hall–Kier alpha value is -3.59. The summed E-state index contributed by atoms with van der Waals surface area (Å²) in [7, 11) is 0. The van der Waals surface area contributed by atoms with Crippen molar-refractivity contribution in [2.24, 2.45) is 0 Å². The third-order valence-electron chi connectivity index (χ3n) is 3.98. The molecule has 0 N–H and O–H groups in total. The fraction of sp³-hybridized carbons (Fsp3) is 0. The van der Waals surface area contributed by atoms with Crippen LogP contribution in [0.5, 0.6) is 0 Å².